The maximum atomic E-state index is 8.81. The van der Waals surface area contributed by atoms with Crippen LogP contribution >= 0.6 is 15.9 Å². The summed E-state index contributed by atoms with van der Waals surface area (Å²) in [5, 5.41) is 8.81. The number of hydrogen-bond acceptors (Lipinski definition) is 3. The van der Waals surface area contributed by atoms with Gasteiger partial charge in [-0.05, 0) is 24.3 Å². The minimum Gasteiger partial charge on any atom is -0.444 e. The smallest absolute Gasteiger partial charge is 0.226 e. The van der Waals surface area contributed by atoms with Crippen LogP contribution in [0.3, 0.4) is 0 Å². The molecule has 0 fully saturated rings. The van der Waals surface area contributed by atoms with Crippen LogP contribution in [-0.4, -0.2) is 10.1 Å². The van der Waals surface area contributed by atoms with Crippen LogP contribution in [-0.2, 0) is 6.61 Å². The second-order valence-corrected chi connectivity index (χ2v) is 3.72. The Morgan fingerprint density at radius 3 is 2.57 bits per heavy atom. The first-order chi connectivity index (χ1) is 6.79. The number of aliphatic hydroxyl groups excluding tert-OH is 1. The topological polar surface area (TPSA) is 46.3 Å². The summed E-state index contributed by atoms with van der Waals surface area (Å²) in [7, 11) is 0. The average molecular weight is 254 g/mol. The zero-order valence-electron chi connectivity index (χ0n) is 7.27. The van der Waals surface area contributed by atoms with Crippen LogP contribution in [0.15, 0.2) is 39.4 Å². The summed E-state index contributed by atoms with van der Waals surface area (Å²) in [5.74, 6) is 0.529. The molecular formula is C10H8BrNO2. The highest BCUT2D eigenvalue weighted by Gasteiger charge is 2.04. The van der Waals surface area contributed by atoms with E-state index in [0.29, 0.717) is 11.6 Å². The highest BCUT2D eigenvalue weighted by Crippen LogP contribution is 2.20. The van der Waals surface area contributed by atoms with Gasteiger partial charge in [-0.3, -0.25) is 0 Å². The average Bonchev–Trinajstić information content (AvgIpc) is 2.67. The molecule has 0 aliphatic rings. The van der Waals surface area contributed by atoms with Gasteiger partial charge in [-0.25, -0.2) is 4.98 Å². The Hall–Kier alpha value is -1.13. The lowest BCUT2D eigenvalue weighted by Gasteiger charge is -1.94. The van der Waals surface area contributed by atoms with E-state index in [1.165, 1.54) is 6.26 Å². The number of benzene rings is 1. The number of hydrogen-bond donors (Lipinski definition) is 1. The van der Waals surface area contributed by atoms with Gasteiger partial charge in [0.2, 0.25) is 5.89 Å². The molecule has 72 valence electrons. The van der Waals surface area contributed by atoms with E-state index in [0.717, 1.165) is 10.0 Å². The molecule has 2 rings (SSSR count). The molecule has 0 atom stereocenters. The minimum atomic E-state index is -0.0972. The molecule has 0 aliphatic carbocycles. The molecule has 0 amide bonds. The molecule has 14 heavy (non-hydrogen) atoms. The third-order valence-corrected chi connectivity index (χ3v) is 2.33. The first-order valence-corrected chi connectivity index (χ1v) is 4.90. The molecule has 0 saturated heterocycles. The Morgan fingerprint density at radius 2 is 2.00 bits per heavy atom. The Labute approximate surface area is 89.5 Å². The van der Waals surface area contributed by atoms with Crippen molar-refractivity contribution < 1.29 is 9.52 Å². The van der Waals surface area contributed by atoms with Crippen molar-refractivity contribution in [2.45, 2.75) is 6.61 Å². The van der Waals surface area contributed by atoms with Crippen molar-refractivity contribution in [3.63, 3.8) is 0 Å². The zero-order chi connectivity index (χ0) is 9.97. The normalized spacial score (nSPS) is 10.4. The second kappa shape index (κ2) is 3.94. The summed E-state index contributed by atoms with van der Waals surface area (Å²) < 4.78 is 6.20. The molecule has 3 nitrogen and oxygen atoms in total. The van der Waals surface area contributed by atoms with Gasteiger partial charge in [0.05, 0.1) is 6.61 Å². The molecule has 1 aromatic heterocycles. The molecule has 4 heteroatoms. The van der Waals surface area contributed by atoms with Crippen LogP contribution in [0, 0.1) is 0 Å². The fourth-order valence-electron chi connectivity index (χ4n) is 1.10. The number of halogens is 1. The van der Waals surface area contributed by atoms with Crippen molar-refractivity contribution in [2.75, 3.05) is 0 Å². The molecule has 0 spiro atoms. The first kappa shape index (κ1) is 9.43. The standard InChI is InChI=1S/C10H8BrNO2/c11-8-3-1-7(2-4-8)10-12-9(5-13)6-14-10/h1-4,6,13H,5H2. The third kappa shape index (κ3) is 1.86. The lowest BCUT2D eigenvalue weighted by atomic mass is 10.2. The molecule has 2 aromatic rings. The van der Waals surface area contributed by atoms with Gasteiger partial charge in [0.15, 0.2) is 0 Å². The molecule has 0 aliphatic heterocycles. The van der Waals surface area contributed by atoms with Crippen molar-refractivity contribution in [1.29, 1.82) is 0 Å². The maximum Gasteiger partial charge on any atom is 0.226 e. The summed E-state index contributed by atoms with van der Waals surface area (Å²) >= 11 is 3.35. The summed E-state index contributed by atoms with van der Waals surface area (Å²) in [5.41, 5.74) is 1.44. The SMILES string of the molecule is OCc1coc(-c2ccc(Br)cc2)n1. The monoisotopic (exact) mass is 253 g/mol. The predicted octanol–water partition coefficient (Wildman–Crippen LogP) is 2.60. The number of oxazole rings is 1. The Morgan fingerprint density at radius 1 is 1.29 bits per heavy atom. The lowest BCUT2D eigenvalue weighted by molar-refractivity contribution is 0.276. The van der Waals surface area contributed by atoms with Gasteiger partial charge in [-0.15, -0.1) is 0 Å². The molecule has 1 heterocycles. The van der Waals surface area contributed by atoms with Gasteiger partial charge in [-0.2, -0.15) is 0 Å². The molecule has 0 unspecified atom stereocenters. The van der Waals surface area contributed by atoms with Crippen LogP contribution in [0.25, 0.3) is 11.5 Å². The van der Waals surface area contributed by atoms with Crippen LogP contribution in [0.5, 0.6) is 0 Å². The number of aliphatic hydroxyl groups is 1. The first-order valence-electron chi connectivity index (χ1n) is 4.11. The Bertz CT molecular complexity index is 422. The van der Waals surface area contributed by atoms with Gasteiger partial charge in [0, 0.05) is 10.0 Å². The summed E-state index contributed by atoms with van der Waals surface area (Å²) in [6.07, 6.45) is 1.46. The highest BCUT2D eigenvalue weighted by atomic mass is 79.9. The summed E-state index contributed by atoms with van der Waals surface area (Å²) in [4.78, 5) is 4.10. The molecule has 0 bridgehead atoms. The van der Waals surface area contributed by atoms with Crippen molar-refractivity contribution in [2.24, 2.45) is 0 Å². The third-order valence-electron chi connectivity index (χ3n) is 1.80. The quantitative estimate of drug-likeness (QED) is 0.895. The minimum absolute atomic E-state index is 0.0972. The van der Waals surface area contributed by atoms with Crippen LogP contribution < -0.4 is 0 Å². The van der Waals surface area contributed by atoms with Crippen molar-refractivity contribution in [3.05, 3.63) is 40.7 Å². The van der Waals surface area contributed by atoms with Crippen molar-refractivity contribution >= 4 is 15.9 Å². The van der Waals surface area contributed by atoms with Crippen molar-refractivity contribution in [1.82, 2.24) is 4.98 Å². The number of aromatic nitrogens is 1. The highest BCUT2D eigenvalue weighted by molar-refractivity contribution is 9.10. The summed E-state index contributed by atoms with van der Waals surface area (Å²) in [6, 6.07) is 7.63. The molecular weight excluding hydrogens is 246 g/mol. The molecule has 0 saturated carbocycles. The van der Waals surface area contributed by atoms with E-state index in [1.807, 2.05) is 24.3 Å². The van der Waals surface area contributed by atoms with Crippen LogP contribution in [0.2, 0.25) is 0 Å². The molecule has 0 radical (unpaired) electrons. The largest absolute Gasteiger partial charge is 0.444 e. The lowest BCUT2D eigenvalue weighted by Crippen LogP contribution is -1.82. The fraction of sp³-hybridized carbons (Fsp3) is 0.100. The molecule has 1 aromatic carbocycles. The maximum absolute atomic E-state index is 8.81. The predicted molar refractivity (Wildman–Crippen MR) is 55.6 cm³/mol. The van der Waals surface area contributed by atoms with E-state index in [9.17, 15) is 0 Å². The van der Waals surface area contributed by atoms with E-state index in [1.54, 1.807) is 0 Å². The zero-order valence-corrected chi connectivity index (χ0v) is 8.86. The van der Waals surface area contributed by atoms with Crippen molar-refractivity contribution in [3.8, 4) is 11.5 Å². The number of rotatable bonds is 2. The Kier molecular flexibility index (Phi) is 2.65. The van der Waals surface area contributed by atoms with Gasteiger partial charge in [0.1, 0.15) is 12.0 Å². The van der Waals surface area contributed by atoms with E-state index in [2.05, 4.69) is 20.9 Å². The summed E-state index contributed by atoms with van der Waals surface area (Å²) in [6.45, 7) is -0.0972. The van der Waals surface area contributed by atoms with E-state index in [4.69, 9.17) is 9.52 Å². The van der Waals surface area contributed by atoms with Crippen LogP contribution in [0.1, 0.15) is 5.69 Å². The number of nitrogens with zero attached hydrogens (tertiary/aromatic N) is 1. The second-order valence-electron chi connectivity index (χ2n) is 2.81. The van der Waals surface area contributed by atoms with Gasteiger partial charge in [0.25, 0.3) is 0 Å². The fourth-order valence-corrected chi connectivity index (χ4v) is 1.37. The van der Waals surface area contributed by atoms with Gasteiger partial charge < -0.3 is 9.52 Å². The van der Waals surface area contributed by atoms with Crippen LogP contribution in [0.4, 0.5) is 0 Å². The van der Waals surface area contributed by atoms with Gasteiger partial charge in [-0.1, -0.05) is 15.9 Å². The van der Waals surface area contributed by atoms with E-state index in [-0.39, 0.29) is 6.61 Å². The Balaban J connectivity index is 2.34. The van der Waals surface area contributed by atoms with Gasteiger partial charge >= 0.3 is 0 Å². The molecule has 1 N–H and O–H groups in total. The van der Waals surface area contributed by atoms with E-state index >= 15 is 0 Å². The van der Waals surface area contributed by atoms with E-state index < -0.39 is 0 Å².